The van der Waals surface area contributed by atoms with Gasteiger partial charge in [-0.2, -0.15) is 0 Å². The average molecular weight is 411 g/mol. The maximum absolute atomic E-state index is 12.5. The molecule has 6 heteroatoms. The summed E-state index contributed by atoms with van der Waals surface area (Å²) in [4.78, 5) is 27.6. The molecule has 0 spiro atoms. The van der Waals surface area contributed by atoms with E-state index in [1.165, 1.54) is 0 Å². The van der Waals surface area contributed by atoms with Crippen LogP contribution in [0.4, 0.5) is 0 Å². The molecule has 2 aromatic rings. The number of aliphatic hydroxyl groups excluding tert-OH is 1. The highest BCUT2D eigenvalue weighted by Crippen LogP contribution is 2.14. The first-order valence-electron chi connectivity index (χ1n) is 10.5. The zero-order valence-electron chi connectivity index (χ0n) is 17.5. The number of rotatable bonds is 9. The van der Waals surface area contributed by atoms with Crippen LogP contribution in [0.3, 0.4) is 0 Å². The Hall–Kier alpha value is -2.70. The monoisotopic (exact) mass is 410 g/mol. The number of β-amino-alcohol motifs (C(OH)–C–C–N with tert-alkyl or cyclic N) is 1. The minimum absolute atomic E-state index is 0.0610. The Balaban J connectivity index is 1.37. The third-order valence-corrected chi connectivity index (χ3v) is 5.28. The molecule has 1 atom stereocenters. The lowest BCUT2D eigenvalue weighted by Gasteiger charge is -2.35. The number of piperazine rings is 1. The van der Waals surface area contributed by atoms with Crippen molar-refractivity contribution in [1.29, 1.82) is 0 Å². The van der Waals surface area contributed by atoms with Gasteiger partial charge in [0.25, 0.3) is 5.91 Å². The molecule has 3 rings (SSSR count). The average Bonchev–Trinajstić information content (AvgIpc) is 2.77. The van der Waals surface area contributed by atoms with E-state index < -0.39 is 6.10 Å². The molecule has 0 aliphatic carbocycles. The van der Waals surface area contributed by atoms with E-state index in [-0.39, 0.29) is 18.3 Å². The van der Waals surface area contributed by atoms with Crippen molar-refractivity contribution in [2.24, 2.45) is 0 Å². The van der Waals surface area contributed by atoms with Crippen molar-refractivity contribution in [2.45, 2.75) is 25.9 Å². The number of carbonyl (C=O) groups excluding carboxylic acids is 2. The van der Waals surface area contributed by atoms with Gasteiger partial charge < -0.3 is 19.5 Å². The number of aryl methyl sites for hydroxylation is 1. The van der Waals surface area contributed by atoms with Crippen LogP contribution in [-0.2, 0) is 11.2 Å². The molecule has 0 aromatic heterocycles. The maximum Gasteiger partial charge on any atom is 0.253 e. The molecular weight excluding hydrogens is 380 g/mol. The van der Waals surface area contributed by atoms with Gasteiger partial charge in [0, 0.05) is 44.7 Å². The molecule has 1 amide bonds. The summed E-state index contributed by atoms with van der Waals surface area (Å²) in [7, 11) is 0. The number of hydrogen-bond acceptors (Lipinski definition) is 5. The van der Waals surface area contributed by atoms with E-state index in [1.54, 1.807) is 6.92 Å². The van der Waals surface area contributed by atoms with E-state index in [4.69, 9.17) is 4.74 Å². The molecule has 30 heavy (non-hydrogen) atoms. The van der Waals surface area contributed by atoms with E-state index >= 15 is 0 Å². The standard InChI is InChI=1S/C24H30N2O4/c1-19(27)7-8-20-9-11-23(12-10-20)30-18-22(28)17-25-13-15-26(16-14-25)24(29)21-5-3-2-4-6-21/h2-6,9-12,22,28H,7-8,13-18H2,1H3. The fraction of sp³-hybridized carbons (Fsp3) is 0.417. The van der Waals surface area contributed by atoms with E-state index in [1.807, 2.05) is 59.5 Å². The number of carbonyl (C=O) groups is 2. The zero-order chi connectivity index (χ0) is 21.3. The lowest BCUT2D eigenvalue weighted by Crippen LogP contribution is -2.50. The van der Waals surface area contributed by atoms with Crippen LogP contribution in [0.2, 0.25) is 0 Å². The van der Waals surface area contributed by atoms with Crippen LogP contribution in [0, 0.1) is 0 Å². The first-order chi connectivity index (χ1) is 14.5. The quantitative estimate of drug-likeness (QED) is 0.688. The molecule has 0 saturated carbocycles. The fourth-order valence-corrected chi connectivity index (χ4v) is 3.51. The van der Waals surface area contributed by atoms with Crippen molar-refractivity contribution in [3.8, 4) is 5.75 Å². The molecule has 1 fully saturated rings. The third kappa shape index (κ3) is 6.68. The summed E-state index contributed by atoms with van der Waals surface area (Å²) in [5, 5.41) is 10.3. The van der Waals surface area contributed by atoms with Gasteiger partial charge in [-0.3, -0.25) is 9.69 Å². The SMILES string of the molecule is CC(=O)CCc1ccc(OCC(O)CN2CCN(C(=O)c3ccccc3)CC2)cc1. The van der Waals surface area contributed by atoms with Gasteiger partial charge in [-0.1, -0.05) is 30.3 Å². The van der Waals surface area contributed by atoms with Crippen LogP contribution >= 0.6 is 0 Å². The summed E-state index contributed by atoms with van der Waals surface area (Å²) in [5.74, 6) is 0.952. The lowest BCUT2D eigenvalue weighted by molar-refractivity contribution is -0.116. The molecule has 1 heterocycles. The first kappa shape index (κ1) is 22.0. The highest BCUT2D eigenvalue weighted by atomic mass is 16.5. The Morgan fingerprint density at radius 1 is 1.00 bits per heavy atom. The Morgan fingerprint density at radius 2 is 1.67 bits per heavy atom. The summed E-state index contributed by atoms with van der Waals surface area (Å²) in [5.41, 5.74) is 1.81. The van der Waals surface area contributed by atoms with Gasteiger partial charge in [0.2, 0.25) is 0 Å². The predicted molar refractivity (Wildman–Crippen MR) is 116 cm³/mol. The number of benzene rings is 2. The summed E-state index contributed by atoms with van der Waals surface area (Å²) in [6.45, 7) is 5.12. The van der Waals surface area contributed by atoms with Crippen molar-refractivity contribution >= 4 is 11.7 Å². The van der Waals surface area contributed by atoms with Crippen molar-refractivity contribution in [3.63, 3.8) is 0 Å². The van der Waals surface area contributed by atoms with Crippen LogP contribution in [0.1, 0.15) is 29.3 Å². The van der Waals surface area contributed by atoms with Crippen molar-refractivity contribution < 1.29 is 19.4 Å². The molecule has 0 radical (unpaired) electrons. The molecular formula is C24H30N2O4. The molecule has 0 bridgehead atoms. The molecule has 1 aliphatic rings. The van der Waals surface area contributed by atoms with Gasteiger partial charge in [0.15, 0.2) is 0 Å². The van der Waals surface area contributed by atoms with E-state index in [9.17, 15) is 14.7 Å². The molecule has 1 saturated heterocycles. The number of hydrogen-bond donors (Lipinski definition) is 1. The number of Topliss-reactive ketones (excluding diaryl/α,β-unsaturated/α-hetero) is 1. The number of nitrogens with zero attached hydrogens (tertiary/aromatic N) is 2. The number of ether oxygens (including phenoxy) is 1. The van der Waals surface area contributed by atoms with Gasteiger partial charge in [-0.05, 0) is 43.2 Å². The minimum Gasteiger partial charge on any atom is -0.491 e. The first-order valence-corrected chi connectivity index (χ1v) is 10.5. The highest BCUT2D eigenvalue weighted by Gasteiger charge is 2.23. The van der Waals surface area contributed by atoms with Gasteiger partial charge in [-0.25, -0.2) is 0 Å². The van der Waals surface area contributed by atoms with Gasteiger partial charge in [0.1, 0.15) is 24.2 Å². The number of aliphatic hydroxyl groups is 1. The van der Waals surface area contributed by atoms with Gasteiger partial charge in [-0.15, -0.1) is 0 Å². The topological polar surface area (TPSA) is 70.1 Å². The highest BCUT2D eigenvalue weighted by molar-refractivity contribution is 5.94. The second-order valence-electron chi connectivity index (χ2n) is 7.77. The van der Waals surface area contributed by atoms with Crippen LogP contribution in [-0.4, -0.2) is 72.0 Å². The van der Waals surface area contributed by atoms with Crippen molar-refractivity contribution in [3.05, 3.63) is 65.7 Å². The lowest BCUT2D eigenvalue weighted by atomic mass is 10.1. The van der Waals surface area contributed by atoms with Crippen molar-refractivity contribution in [2.75, 3.05) is 39.3 Å². The molecule has 1 aliphatic heterocycles. The van der Waals surface area contributed by atoms with E-state index in [0.29, 0.717) is 37.4 Å². The number of amides is 1. The Kier molecular flexibility index (Phi) is 7.99. The summed E-state index contributed by atoms with van der Waals surface area (Å²) < 4.78 is 5.70. The van der Waals surface area contributed by atoms with Crippen molar-refractivity contribution in [1.82, 2.24) is 9.80 Å². The third-order valence-electron chi connectivity index (χ3n) is 5.28. The second-order valence-corrected chi connectivity index (χ2v) is 7.77. The smallest absolute Gasteiger partial charge is 0.253 e. The molecule has 160 valence electrons. The normalized spacial score (nSPS) is 15.6. The van der Waals surface area contributed by atoms with Crippen LogP contribution in [0.5, 0.6) is 5.75 Å². The summed E-state index contributed by atoms with van der Waals surface area (Å²) in [6, 6.07) is 17.0. The molecule has 1 unspecified atom stereocenters. The predicted octanol–water partition coefficient (Wildman–Crippen LogP) is 2.41. The Labute approximate surface area is 178 Å². The van der Waals surface area contributed by atoms with Crippen LogP contribution < -0.4 is 4.74 Å². The summed E-state index contributed by atoms with van der Waals surface area (Å²) >= 11 is 0. The molecule has 6 nitrogen and oxygen atoms in total. The van der Waals surface area contributed by atoms with Gasteiger partial charge in [0.05, 0.1) is 0 Å². The summed E-state index contributed by atoms with van der Waals surface area (Å²) in [6.07, 6.45) is 0.680. The molecule has 2 aromatic carbocycles. The van der Waals surface area contributed by atoms with Crippen LogP contribution in [0.25, 0.3) is 0 Å². The fourth-order valence-electron chi connectivity index (χ4n) is 3.51. The maximum atomic E-state index is 12.5. The second kappa shape index (κ2) is 10.9. The van der Waals surface area contributed by atoms with Gasteiger partial charge >= 0.3 is 0 Å². The zero-order valence-corrected chi connectivity index (χ0v) is 17.5. The van der Waals surface area contributed by atoms with E-state index in [2.05, 4.69) is 4.90 Å². The Morgan fingerprint density at radius 3 is 2.30 bits per heavy atom. The van der Waals surface area contributed by atoms with Crippen LogP contribution in [0.15, 0.2) is 54.6 Å². The Bertz CT molecular complexity index is 815. The minimum atomic E-state index is -0.598. The number of ketones is 1. The van der Waals surface area contributed by atoms with E-state index in [0.717, 1.165) is 25.1 Å². The molecule has 1 N–H and O–H groups in total. The largest absolute Gasteiger partial charge is 0.491 e.